The Hall–Kier alpha value is -1.60. The Balaban J connectivity index is 0.00000225. The molecule has 0 radical (unpaired) electrons. The van der Waals surface area contributed by atoms with Crippen LogP contribution in [0.5, 0.6) is 5.75 Å². The summed E-state index contributed by atoms with van der Waals surface area (Å²) in [5.74, 6) is -0.947. The van der Waals surface area contributed by atoms with E-state index < -0.39 is 11.8 Å². The zero-order valence-electron chi connectivity index (χ0n) is 17.9. The smallest absolute Gasteiger partial charge is 1.00 e. The third-order valence-electron chi connectivity index (χ3n) is 4.30. The van der Waals surface area contributed by atoms with Crippen molar-refractivity contribution in [3.63, 3.8) is 0 Å². The zero-order valence-corrected chi connectivity index (χ0v) is 20.5. The summed E-state index contributed by atoms with van der Waals surface area (Å²) in [6, 6.07) is 13.8. The van der Waals surface area contributed by atoms with Gasteiger partial charge in [0.25, 0.3) is 0 Å². The maximum atomic E-state index is 13.9. The van der Waals surface area contributed by atoms with E-state index in [0.717, 1.165) is 27.2 Å². The molecule has 2 aromatic carbocycles. The first-order chi connectivity index (χ1) is 13.3. The minimum Gasteiger partial charge on any atom is -1.00 e. The monoisotopic (exact) mass is 469 g/mol. The van der Waals surface area contributed by atoms with Crippen molar-refractivity contribution in [1.29, 1.82) is 0 Å². The van der Waals surface area contributed by atoms with E-state index in [1.165, 1.54) is 12.1 Å². The number of carboxylic acid groups (broad SMARTS) is 1. The number of aryl methyl sites for hydroxylation is 1. The van der Waals surface area contributed by atoms with Crippen LogP contribution in [0.1, 0.15) is 31.3 Å². The third-order valence-corrected chi connectivity index (χ3v) is 4.80. The number of benzene rings is 2. The Morgan fingerprint density at radius 2 is 1.93 bits per heavy atom. The molecule has 148 valence electrons. The molecular weight excluding hydrogens is 448 g/mol. The van der Waals surface area contributed by atoms with Gasteiger partial charge in [-0.2, -0.15) is 0 Å². The van der Waals surface area contributed by atoms with Crippen LogP contribution in [-0.2, 0) is 0 Å². The standard InChI is InChI=1S/C22H21BrFNO3.Na.H/c1-13(2)12-28-21-9-5-15(23)10-18(21)20-8-4-14(3)25(20)16-6-7-19(24)17(11-16)22(26)27;;/h4-11,13H,12H2,1-3H3,(H,26,27);;/q;+1;-1. The van der Waals surface area contributed by atoms with E-state index in [2.05, 4.69) is 29.8 Å². The summed E-state index contributed by atoms with van der Waals surface area (Å²) in [5, 5.41) is 9.27. The van der Waals surface area contributed by atoms with Crippen LogP contribution in [0, 0.1) is 18.7 Å². The Morgan fingerprint density at radius 3 is 2.59 bits per heavy atom. The normalized spacial score (nSPS) is 10.7. The molecule has 0 amide bonds. The van der Waals surface area contributed by atoms with E-state index in [0.29, 0.717) is 18.2 Å². The predicted octanol–water partition coefficient (Wildman–Crippen LogP) is 3.20. The summed E-state index contributed by atoms with van der Waals surface area (Å²) >= 11 is 3.51. The summed E-state index contributed by atoms with van der Waals surface area (Å²) in [7, 11) is 0. The first kappa shape index (κ1) is 23.7. The molecule has 0 spiro atoms. The summed E-state index contributed by atoms with van der Waals surface area (Å²) in [6.07, 6.45) is 0. The number of carbonyl (C=O) groups is 1. The van der Waals surface area contributed by atoms with Crippen molar-refractivity contribution in [2.75, 3.05) is 6.61 Å². The van der Waals surface area contributed by atoms with Crippen LogP contribution < -0.4 is 34.3 Å². The summed E-state index contributed by atoms with van der Waals surface area (Å²) in [5.41, 5.74) is 2.81. The number of aromatic nitrogens is 1. The van der Waals surface area contributed by atoms with Crippen molar-refractivity contribution in [3.8, 4) is 22.7 Å². The van der Waals surface area contributed by atoms with E-state index in [1.807, 2.05) is 41.8 Å². The van der Waals surface area contributed by atoms with Gasteiger partial charge in [-0.15, -0.1) is 0 Å². The molecule has 0 bridgehead atoms. The van der Waals surface area contributed by atoms with Crippen LogP contribution in [0.4, 0.5) is 4.39 Å². The van der Waals surface area contributed by atoms with Crippen LogP contribution in [0.15, 0.2) is 53.0 Å². The van der Waals surface area contributed by atoms with Gasteiger partial charge in [-0.05, 0) is 61.4 Å². The second-order valence-corrected chi connectivity index (χ2v) is 7.93. The number of halogens is 2. The Labute approximate surface area is 201 Å². The fraction of sp³-hybridized carbons (Fsp3) is 0.227. The number of aromatic carboxylic acids is 1. The maximum absolute atomic E-state index is 13.9. The number of ether oxygens (including phenoxy) is 1. The summed E-state index contributed by atoms with van der Waals surface area (Å²) in [6.45, 7) is 6.66. The third kappa shape index (κ3) is 5.31. The molecule has 3 aromatic rings. The van der Waals surface area contributed by atoms with Crippen LogP contribution >= 0.6 is 15.9 Å². The molecule has 0 saturated carbocycles. The topological polar surface area (TPSA) is 51.5 Å². The SMILES string of the molecule is Cc1ccc(-c2cc(Br)ccc2OCC(C)C)n1-c1ccc(F)c(C(=O)O)c1.[H-].[Na+]. The van der Waals surface area contributed by atoms with Gasteiger partial charge < -0.3 is 15.8 Å². The van der Waals surface area contributed by atoms with Gasteiger partial charge in [-0.25, -0.2) is 9.18 Å². The van der Waals surface area contributed by atoms with Crippen molar-refractivity contribution in [2.24, 2.45) is 5.92 Å². The molecule has 0 aliphatic heterocycles. The average molecular weight is 470 g/mol. The second kappa shape index (κ2) is 9.94. The van der Waals surface area contributed by atoms with Crippen LogP contribution in [0.3, 0.4) is 0 Å². The van der Waals surface area contributed by atoms with Gasteiger partial charge in [-0.3, -0.25) is 0 Å². The number of nitrogens with zero attached hydrogens (tertiary/aromatic N) is 1. The first-order valence-corrected chi connectivity index (χ1v) is 9.71. The van der Waals surface area contributed by atoms with Gasteiger partial charge in [0.2, 0.25) is 0 Å². The molecule has 0 aliphatic rings. The van der Waals surface area contributed by atoms with Crippen LogP contribution in [-0.4, -0.2) is 22.2 Å². The molecule has 0 saturated heterocycles. The van der Waals surface area contributed by atoms with Gasteiger partial charge in [0.1, 0.15) is 11.6 Å². The molecule has 0 atom stereocenters. The van der Waals surface area contributed by atoms with Gasteiger partial charge >= 0.3 is 35.5 Å². The number of hydrogen-bond acceptors (Lipinski definition) is 2. The fourth-order valence-electron chi connectivity index (χ4n) is 2.99. The van der Waals surface area contributed by atoms with Crippen molar-refractivity contribution in [3.05, 3.63) is 70.1 Å². The van der Waals surface area contributed by atoms with Crippen molar-refractivity contribution < 1.29 is 50.0 Å². The Kier molecular flexibility index (Phi) is 8.11. The number of carboxylic acids is 1. The van der Waals surface area contributed by atoms with Crippen molar-refractivity contribution >= 4 is 21.9 Å². The van der Waals surface area contributed by atoms with Gasteiger partial charge in [0.05, 0.1) is 17.9 Å². The predicted molar refractivity (Wildman–Crippen MR) is 112 cm³/mol. The molecule has 0 unspecified atom stereocenters. The molecule has 1 aromatic heterocycles. The molecule has 0 aliphatic carbocycles. The van der Waals surface area contributed by atoms with Gasteiger partial charge in [0.15, 0.2) is 0 Å². The molecule has 3 rings (SSSR count). The van der Waals surface area contributed by atoms with E-state index in [1.54, 1.807) is 6.07 Å². The minimum atomic E-state index is -1.30. The largest absolute Gasteiger partial charge is 1.00 e. The average Bonchev–Trinajstić information content (AvgIpc) is 3.02. The second-order valence-electron chi connectivity index (χ2n) is 7.01. The molecule has 0 fully saturated rings. The Morgan fingerprint density at radius 1 is 1.21 bits per heavy atom. The van der Waals surface area contributed by atoms with Crippen LogP contribution in [0.2, 0.25) is 0 Å². The summed E-state index contributed by atoms with van der Waals surface area (Å²) < 4.78 is 22.7. The first-order valence-electron chi connectivity index (χ1n) is 8.92. The minimum absolute atomic E-state index is 0. The van der Waals surface area contributed by atoms with Crippen molar-refractivity contribution in [1.82, 2.24) is 4.57 Å². The van der Waals surface area contributed by atoms with E-state index >= 15 is 0 Å². The molecular formula is C22H22BrFNNaO3. The molecule has 7 heteroatoms. The van der Waals surface area contributed by atoms with Gasteiger partial charge in [-0.1, -0.05) is 29.8 Å². The molecule has 29 heavy (non-hydrogen) atoms. The summed E-state index contributed by atoms with van der Waals surface area (Å²) in [4.78, 5) is 11.4. The molecule has 1 N–H and O–H groups in total. The maximum Gasteiger partial charge on any atom is 1.00 e. The van der Waals surface area contributed by atoms with E-state index in [4.69, 9.17) is 4.74 Å². The van der Waals surface area contributed by atoms with Crippen LogP contribution in [0.25, 0.3) is 16.9 Å². The molecule has 1 heterocycles. The number of hydrogen-bond donors (Lipinski definition) is 1. The Bertz CT molecular complexity index is 1040. The quantitative estimate of drug-likeness (QED) is 0.564. The fourth-order valence-corrected chi connectivity index (χ4v) is 3.35. The number of rotatable bonds is 6. The van der Waals surface area contributed by atoms with E-state index in [-0.39, 0.29) is 36.5 Å². The zero-order chi connectivity index (χ0) is 20.4. The molecule has 4 nitrogen and oxygen atoms in total. The van der Waals surface area contributed by atoms with Crippen molar-refractivity contribution in [2.45, 2.75) is 20.8 Å². The van der Waals surface area contributed by atoms with Gasteiger partial charge in [0, 0.05) is 21.4 Å². The van der Waals surface area contributed by atoms with E-state index in [9.17, 15) is 14.3 Å².